The van der Waals surface area contributed by atoms with Gasteiger partial charge in [-0.2, -0.15) is 0 Å². The third-order valence-corrected chi connectivity index (χ3v) is 5.15. The molecule has 1 aromatic rings. The first-order chi connectivity index (χ1) is 10.4. The second-order valence-corrected chi connectivity index (χ2v) is 11.7. The molecule has 124 valence electrons. The summed E-state index contributed by atoms with van der Waals surface area (Å²) in [4.78, 5) is 11.7. The molecule has 0 fully saturated rings. The number of carbonyl (C=O) groups excluding carboxylic acids is 1. The summed E-state index contributed by atoms with van der Waals surface area (Å²) in [6.07, 6.45) is 5.50. The highest BCUT2D eigenvalue weighted by atomic mass is 28.4. The quantitative estimate of drug-likeness (QED) is 0.443. The van der Waals surface area contributed by atoms with E-state index in [1.165, 1.54) is 5.56 Å². The highest BCUT2D eigenvalue weighted by molar-refractivity contribution is 6.69. The fourth-order valence-corrected chi connectivity index (χ4v) is 4.36. The van der Waals surface area contributed by atoms with Crippen LogP contribution in [0.4, 0.5) is 0 Å². The SMILES string of the molecule is CCCC[C@H]([C@H](C=O)Cc1ccccc1)[C@H](C)O[Si](C)(C)C. The van der Waals surface area contributed by atoms with Crippen molar-refractivity contribution in [1.29, 1.82) is 0 Å². The van der Waals surface area contributed by atoms with E-state index in [1.807, 2.05) is 18.2 Å². The molecule has 0 unspecified atom stereocenters. The van der Waals surface area contributed by atoms with E-state index in [-0.39, 0.29) is 12.0 Å². The van der Waals surface area contributed by atoms with Crippen LogP contribution in [0.1, 0.15) is 38.7 Å². The standard InChI is InChI=1S/C19H32O2Si/c1-6-7-13-19(16(2)21-22(3,4)5)18(15-20)14-17-11-9-8-10-12-17/h8-12,15-16,18-19H,6-7,13-14H2,1-5H3/t16-,18-,19-/m0/s1. The predicted octanol–water partition coefficient (Wildman–Crippen LogP) is 5.09. The summed E-state index contributed by atoms with van der Waals surface area (Å²) < 4.78 is 6.30. The maximum absolute atomic E-state index is 11.7. The number of hydrogen-bond donors (Lipinski definition) is 0. The monoisotopic (exact) mass is 320 g/mol. The highest BCUT2D eigenvalue weighted by Crippen LogP contribution is 2.28. The van der Waals surface area contributed by atoms with E-state index in [0.717, 1.165) is 32.0 Å². The van der Waals surface area contributed by atoms with Crippen molar-refractivity contribution in [1.82, 2.24) is 0 Å². The molecule has 0 N–H and O–H groups in total. The van der Waals surface area contributed by atoms with Gasteiger partial charge in [0.25, 0.3) is 0 Å². The van der Waals surface area contributed by atoms with Gasteiger partial charge in [-0.25, -0.2) is 0 Å². The Hall–Kier alpha value is -0.933. The van der Waals surface area contributed by atoms with Gasteiger partial charge in [-0.3, -0.25) is 0 Å². The Morgan fingerprint density at radius 2 is 1.82 bits per heavy atom. The summed E-state index contributed by atoms with van der Waals surface area (Å²) in [5.41, 5.74) is 1.24. The van der Waals surface area contributed by atoms with Gasteiger partial charge in [0.2, 0.25) is 0 Å². The third-order valence-electron chi connectivity index (χ3n) is 4.07. The van der Waals surface area contributed by atoms with Gasteiger partial charge >= 0.3 is 0 Å². The molecule has 0 heterocycles. The van der Waals surface area contributed by atoms with Crippen LogP contribution in [0, 0.1) is 11.8 Å². The number of unbranched alkanes of at least 4 members (excludes halogenated alkanes) is 1. The van der Waals surface area contributed by atoms with Gasteiger partial charge in [-0.15, -0.1) is 0 Å². The normalized spacial score (nSPS) is 16.0. The summed E-state index contributed by atoms with van der Waals surface area (Å²) in [7, 11) is -1.59. The van der Waals surface area contributed by atoms with E-state index in [2.05, 4.69) is 45.6 Å². The minimum absolute atomic E-state index is 0.0419. The zero-order chi connectivity index (χ0) is 16.6. The van der Waals surface area contributed by atoms with E-state index in [1.54, 1.807) is 0 Å². The van der Waals surface area contributed by atoms with Crippen LogP contribution in [0.3, 0.4) is 0 Å². The average molecular weight is 321 g/mol. The Morgan fingerprint density at radius 1 is 1.18 bits per heavy atom. The molecule has 0 amide bonds. The second kappa shape index (κ2) is 9.26. The van der Waals surface area contributed by atoms with Crippen molar-refractivity contribution in [3.8, 4) is 0 Å². The summed E-state index contributed by atoms with van der Waals surface area (Å²) in [5, 5.41) is 0. The third kappa shape index (κ3) is 6.88. The van der Waals surface area contributed by atoms with E-state index in [4.69, 9.17) is 4.43 Å². The van der Waals surface area contributed by atoms with Crippen molar-refractivity contribution in [2.75, 3.05) is 0 Å². The van der Waals surface area contributed by atoms with E-state index < -0.39 is 8.32 Å². The number of carbonyl (C=O) groups is 1. The molecule has 0 aromatic heterocycles. The Labute approximate surface area is 137 Å². The first-order valence-corrected chi connectivity index (χ1v) is 11.9. The molecule has 0 radical (unpaired) electrons. The van der Waals surface area contributed by atoms with Gasteiger partial charge in [0, 0.05) is 12.0 Å². The summed E-state index contributed by atoms with van der Waals surface area (Å²) in [6.45, 7) is 11.0. The maximum atomic E-state index is 11.7. The van der Waals surface area contributed by atoms with Gasteiger partial charge in [0.05, 0.1) is 0 Å². The molecular formula is C19H32O2Si. The topological polar surface area (TPSA) is 26.3 Å². The molecule has 3 atom stereocenters. The van der Waals surface area contributed by atoms with Crippen LogP contribution < -0.4 is 0 Å². The lowest BCUT2D eigenvalue weighted by atomic mass is 9.81. The molecule has 0 saturated carbocycles. The van der Waals surface area contributed by atoms with E-state index in [9.17, 15) is 4.79 Å². The zero-order valence-corrected chi connectivity index (χ0v) is 15.8. The second-order valence-electron chi connectivity index (χ2n) is 7.23. The van der Waals surface area contributed by atoms with E-state index in [0.29, 0.717) is 5.92 Å². The number of aldehydes is 1. The van der Waals surface area contributed by atoms with Crippen LogP contribution >= 0.6 is 0 Å². The molecule has 22 heavy (non-hydrogen) atoms. The molecule has 0 saturated heterocycles. The first kappa shape index (κ1) is 19.1. The van der Waals surface area contributed by atoms with E-state index >= 15 is 0 Å². The van der Waals surface area contributed by atoms with Crippen LogP contribution in [-0.4, -0.2) is 20.7 Å². The largest absolute Gasteiger partial charge is 0.415 e. The van der Waals surface area contributed by atoms with Crippen molar-refractivity contribution in [3.05, 3.63) is 35.9 Å². The fraction of sp³-hybridized carbons (Fsp3) is 0.632. The van der Waals surface area contributed by atoms with Crippen molar-refractivity contribution in [2.45, 2.75) is 65.3 Å². The van der Waals surface area contributed by atoms with Gasteiger partial charge < -0.3 is 9.22 Å². The number of hydrogen-bond acceptors (Lipinski definition) is 2. The summed E-state index contributed by atoms with van der Waals surface area (Å²) >= 11 is 0. The molecule has 2 nitrogen and oxygen atoms in total. The van der Waals surface area contributed by atoms with Gasteiger partial charge in [-0.05, 0) is 50.9 Å². The van der Waals surface area contributed by atoms with Crippen LogP contribution in [0.2, 0.25) is 19.6 Å². The number of benzene rings is 1. The molecule has 1 rings (SSSR count). The smallest absolute Gasteiger partial charge is 0.184 e. The molecule has 0 aliphatic rings. The van der Waals surface area contributed by atoms with Gasteiger partial charge in [0.15, 0.2) is 8.32 Å². The minimum atomic E-state index is -1.59. The lowest BCUT2D eigenvalue weighted by Gasteiger charge is -2.33. The van der Waals surface area contributed by atoms with Crippen molar-refractivity contribution in [3.63, 3.8) is 0 Å². The van der Waals surface area contributed by atoms with Crippen molar-refractivity contribution >= 4 is 14.6 Å². The molecule has 0 spiro atoms. The van der Waals surface area contributed by atoms with Gasteiger partial charge in [0.1, 0.15) is 6.29 Å². The average Bonchev–Trinajstić information content (AvgIpc) is 2.45. The zero-order valence-electron chi connectivity index (χ0n) is 14.8. The van der Waals surface area contributed by atoms with Crippen molar-refractivity contribution in [2.24, 2.45) is 11.8 Å². The van der Waals surface area contributed by atoms with Crippen molar-refractivity contribution < 1.29 is 9.22 Å². The fourth-order valence-electron chi connectivity index (χ4n) is 3.07. The first-order valence-electron chi connectivity index (χ1n) is 8.54. The lowest BCUT2D eigenvalue weighted by molar-refractivity contribution is -0.114. The van der Waals surface area contributed by atoms with Crippen LogP contribution in [0.5, 0.6) is 0 Å². The Kier molecular flexibility index (Phi) is 8.05. The molecule has 1 aromatic carbocycles. The molecule has 0 aliphatic carbocycles. The molecule has 0 aliphatic heterocycles. The Balaban J connectivity index is 2.84. The highest BCUT2D eigenvalue weighted by Gasteiger charge is 2.30. The predicted molar refractivity (Wildman–Crippen MR) is 96.6 cm³/mol. The molecule has 0 bridgehead atoms. The summed E-state index contributed by atoms with van der Waals surface area (Å²) in [5.74, 6) is 0.352. The maximum Gasteiger partial charge on any atom is 0.184 e. The van der Waals surface area contributed by atoms with Crippen LogP contribution in [0.15, 0.2) is 30.3 Å². The Bertz CT molecular complexity index is 425. The minimum Gasteiger partial charge on any atom is -0.415 e. The molecular weight excluding hydrogens is 288 g/mol. The Morgan fingerprint density at radius 3 is 2.32 bits per heavy atom. The lowest BCUT2D eigenvalue weighted by Crippen LogP contribution is -2.38. The summed E-state index contributed by atoms with van der Waals surface area (Å²) in [6, 6.07) is 10.3. The van der Waals surface area contributed by atoms with Gasteiger partial charge in [-0.1, -0.05) is 50.1 Å². The number of rotatable bonds is 10. The van der Waals surface area contributed by atoms with Crippen LogP contribution in [-0.2, 0) is 15.6 Å². The molecule has 3 heteroatoms. The van der Waals surface area contributed by atoms with Crippen LogP contribution in [0.25, 0.3) is 0 Å².